The van der Waals surface area contributed by atoms with Gasteiger partial charge in [0, 0.05) is 24.5 Å². The Hall–Kier alpha value is -1.22. The number of anilines is 2. The monoisotopic (exact) mass is 234 g/mol. The Bertz CT molecular complexity index is 359. The normalized spacial score (nSPS) is 20.2. The van der Waals surface area contributed by atoms with Crippen molar-refractivity contribution in [2.75, 3.05) is 24.2 Å². The summed E-state index contributed by atoms with van der Waals surface area (Å²) in [4.78, 5) is 0. The van der Waals surface area contributed by atoms with Crippen molar-refractivity contribution in [2.24, 2.45) is 0 Å². The van der Waals surface area contributed by atoms with Gasteiger partial charge in [-0.15, -0.1) is 0 Å². The Morgan fingerprint density at radius 3 is 3.00 bits per heavy atom. The summed E-state index contributed by atoms with van der Waals surface area (Å²) in [5.41, 5.74) is 8.91. The molecule has 1 aromatic rings. The molecule has 1 heterocycles. The summed E-state index contributed by atoms with van der Waals surface area (Å²) in [7, 11) is 0. The van der Waals surface area contributed by atoms with Crippen LogP contribution in [0, 0.1) is 6.92 Å². The van der Waals surface area contributed by atoms with Gasteiger partial charge in [-0.1, -0.05) is 0 Å². The molecule has 1 unspecified atom stereocenters. The fraction of sp³-hybridized carbons (Fsp3) is 0.571. The van der Waals surface area contributed by atoms with Crippen LogP contribution in [0.5, 0.6) is 0 Å². The molecule has 1 saturated heterocycles. The molecule has 3 N–H and O–H groups in total. The van der Waals surface area contributed by atoms with Crippen molar-refractivity contribution in [3.63, 3.8) is 0 Å². The molecular weight excluding hydrogens is 212 g/mol. The lowest BCUT2D eigenvalue weighted by Gasteiger charge is -2.22. The predicted molar refractivity (Wildman–Crippen MR) is 72.3 cm³/mol. The van der Waals surface area contributed by atoms with Gasteiger partial charge in [0.2, 0.25) is 0 Å². The maximum absolute atomic E-state index is 5.79. The zero-order valence-corrected chi connectivity index (χ0v) is 10.5. The van der Waals surface area contributed by atoms with Crippen molar-refractivity contribution < 1.29 is 4.74 Å². The Morgan fingerprint density at radius 2 is 2.29 bits per heavy atom. The summed E-state index contributed by atoms with van der Waals surface area (Å²) >= 11 is 0. The van der Waals surface area contributed by atoms with Crippen LogP contribution >= 0.6 is 0 Å². The highest BCUT2D eigenvalue weighted by atomic mass is 16.5. The molecular formula is C14H22N2O. The molecule has 3 heteroatoms. The Balaban J connectivity index is 1.75. The largest absolute Gasteiger partial charge is 0.399 e. The molecule has 1 fully saturated rings. The average Bonchev–Trinajstić information content (AvgIpc) is 2.35. The van der Waals surface area contributed by atoms with E-state index in [4.69, 9.17) is 10.5 Å². The maximum atomic E-state index is 5.79. The quantitative estimate of drug-likeness (QED) is 0.787. The molecule has 1 atom stereocenters. The molecule has 0 amide bonds. The smallest absolute Gasteiger partial charge is 0.0591 e. The third-order valence-corrected chi connectivity index (χ3v) is 3.34. The van der Waals surface area contributed by atoms with Gasteiger partial charge < -0.3 is 15.8 Å². The first-order valence-corrected chi connectivity index (χ1v) is 6.47. The third-order valence-electron chi connectivity index (χ3n) is 3.34. The van der Waals surface area contributed by atoms with Gasteiger partial charge in [0.1, 0.15) is 0 Å². The summed E-state index contributed by atoms with van der Waals surface area (Å²) in [6.45, 7) is 3.93. The van der Waals surface area contributed by atoms with Gasteiger partial charge >= 0.3 is 0 Å². The van der Waals surface area contributed by atoms with Gasteiger partial charge in [0.15, 0.2) is 0 Å². The first-order valence-electron chi connectivity index (χ1n) is 6.47. The lowest BCUT2D eigenvalue weighted by molar-refractivity contribution is 0.0134. The number of benzene rings is 1. The van der Waals surface area contributed by atoms with Gasteiger partial charge in [-0.2, -0.15) is 0 Å². The first kappa shape index (κ1) is 12.2. The van der Waals surface area contributed by atoms with E-state index in [0.717, 1.165) is 36.5 Å². The fourth-order valence-electron chi connectivity index (χ4n) is 2.20. The zero-order valence-electron chi connectivity index (χ0n) is 10.5. The minimum absolute atomic E-state index is 0.450. The van der Waals surface area contributed by atoms with Crippen molar-refractivity contribution in [1.29, 1.82) is 0 Å². The van der Waals surface area contributed by atoms with Crippen LogP contribution in [0.2, 0.25) is 0 Å². The Labute approximate surface area is 103 Å². The van der Waals surface area contributed by atoms with Crippen LogP contribution in [0.1, 0.15) is 31.2 Å². The number of rotatable bonds is 4. The number of nitrogens with one attached hydrogen (secondary N) is 1. The second kappa shape index (κ2) is 5.92. The van der Waals surface area contributed by atoms with Crippen LogP contribution in [-0.4, -0.2) is 19.3 Å². The van der Waals surface area contributed by atoms with Gasteiger partial charge in [-0.05, 0) is 56.4 Å². The topological polar surface area (TPSA) is 47.3 Å². The molecule has 94 valence electrons. The van der Waals surface area contributed by atoms with E-state index in [-0.39, 0.29) is 0 Å². The lowest BCUT2D eigenvalue weighted by atomic mass is 10.1. The van der Waals surface area contributed by atoms with Crippen molar-refractivity contribution in [2.45, 2.75) is 38.7 Å². The third kappa shape index (κ3) is 3.63. The second-order valence-electron chi connectivity index (χ2n) is 4.78. The van der Waals surface area contributed by atoms with Crippen LogP contribution in [0.15, 0.2) is 18.2 Å². The summed E-state index contributed by atoms with van der Waals surface area (Å²) in [5, 5.41) is 3.42. The summed E-state index contributed by atoms with van der Waals surface area (Å²) < 4.78 is 5.70. The lowest BCUT2D eigenvalue weighted by Crippen LogP contribution is -2.21. The Kier molecular flexibility index (Phi) is 4.26. The van der Waals surface area contributed by atoms with E-state index in [2.05, 4.69) is 11.4 Å². The van der Waals surface area contributed by atoms with Gasteiger partial charge in [0.05, 0.1) is 6.10 Å². The van der Waals surface area contributed by atoms with Crippen LogP contribution in [-0.2, 0) is 4.74 Å². The second-order valence-corrected chi connectivity index (χ2v) is 4.78. The first-order chi connectivity index (χ1) is 8.25. The number of nitrogens with two attached hydrogens (primary N) is 1. The summed E-state index contributed by atoms with van der Waals surface area (Å²) in [6, 6.07) is 6.08. The van der Waals surface area contributed by atoms with Gasteiger partial charge in [-0.25, -0.2) is 0 Å². The van der Waals surface area contributed by atoms with E-state index >= 15 is 0 Å². The van der Waals surface area contributed by atoms with Gasteiger partial charge in [-0.3, -0.25) is 0 Å². The molecule has 0 aliphatic carbocycles. The van der Waals surface area contributed by atoms with Crippen molar-refractivity contribution in [3.05, 3.63) is 23.8 Å². The highest BCUT2D eigenvalue weighted by molar-refractivity contribution is 5.56. The van der Waals surface area contributed by atoms with E-state index in [0.29, 0.717) is 6.10 Å². The Morgan fingerprint density at radius 1 is 1.41 bits per heavy atom. The van der Waals surface area contributed by atoms with Crippen LogP contribution in [0.3, 0.4) is 0 Å². The average molecular weight is 234 g/mol. The van der Waals surface area contributed by atoms with Crippen molar-refractivity contribution in [1.82, 2.24) is 0 Å². The minimum Gasteiger partial charge on any atom is -0.399 e. The van der Waals surface area contributed by atoms with E-state index in [9.17, 15) is 0 Å². The zero-order chi connectivity index (χ0) is 12.1. The summed E-state index contributed by atoms with van der Waals surface area (Å²) in [5.74, 6) is 0. The number of aryl methyl sites for hydroxylation is 1. The van der Waals surface area contributed by atoms with Crippen LogP contribution < -0.4 is 11.1 Å². The van der Waals surface area contributed by atoms with E-state index < -0.39 is 0 Å². The van der Waals surface area contributed by atoms with Crippen molar-refractivity contribution in [3.8, 4) is 0 Å². The van der Waals surface area contributed by atoms with E-state index in [1.165, 1.54) is 19.3 Å². The van der Waals surface area contributed by atoms with Gasteiger partial charge in [0.25, 0.3) is 0 Å². The highest BCUT2D eigenvalue weighted by Gasteiger charge is 2.12. The maximum Gasteiger partial charge on any atom is 0.0591 e. The number of nitrogen functional groups attached to an aromatic ring is 1. The summed E-state index contributed by atoms with van der Waals surface area (Å²) in [6.07, 6.45) is 5.28. The minimum atomic E-state index is 0.450. The molecule has 1 aliphatic rings. The molecule has 17 heavy (non-hydrogen) atoms. The molecule has 0 saturated carbocycles. The van der Waals surface area contributed by atoms with Crippen LogP contribution in [0.4, 0.5) is 11.4 Å². The van der Waals surface area contributed by atoms with Crippen LogP contribution in [0.25, 0.3) is 0 Å². The molecule has 0 spiro atoms. The predicted octanol–water partition coefficient (Wildman–Crippen LogP) is 2.95. The number of ether oxygens (including phenoxy) is 1. The van der Waals surface area contributed by atoms with E-state index in [1.54, 1.807) is 0 Å². The number of hydrogen-bond donors (Lipinski definition) is 2. The number of hydrogen-bond acceptors (Lipinski definition) is 3. The van der Waals surface area contributed by atoms with E-state index in [1.807, 2.05) is 19.1 Å². The standard InChI is InChI=1S/C14H22N2O/c1-11-10-12(5-6-14(11)15)16-8-7-13-4-2-3-9-17-13/h5-6,10,13,16H,2-4,7-9,15H2,1H3. The molecule has 0 bridgehead atoms. The fourth-order valence-corrected chi connectivity index (χ4v) is 2.20. The molecule has 2 rings (SSSR count). The van der Waals surface area contributed by atoms with Crippen molar-refractivity contribution >= 4 is 11.4 Å². The highest BCUT2D eigenvalue weighted by Crippen LogP contribution is 2.18. The molecule has 0 radical (unpaired) electrons. The molecule has 1 aliphatic heterocycles. The SMILES string of the molecule is Cc1cc(NCCC2CCCCO2)ccc1N. The molecule has 0 aromatic heterocycles. The molecule has 1 aromatic carbocycles. The molecule has 3 nitrogen and oxygen atoms in total.